The molecular formula is C19H20O2. The van der Waals surface area contributed by atoms with Gasteiger partial charge < -0.3 is 9.84 Å². The lowest BCUT2D eigenvalue weighted by Crippen LogP contribution is -1.89. The van der Waals surface area contributed by atoms with E-state index >= 15 is 0 Å². The molecule has 2 aromatic rings. The van der Waals surface area contributed by atoms with E-state index in [9.17, 15) is 5.11 Å². The number of benzene rings is 2. The normalized spacial score (nSPS) is 10.8. The maximum absolute atomic E-state index is 9.80. The van der Waals surface area contributed by atoms with Gasteiger partial charge in [0.2, 0.25) is 0 Å². The van der Waals surface area contributed by atoms with Crippen LogP contribution in [-0.2, 0) is 0 Å². The van der Waals surface area contributed by atoms with Crippen molar-refractivity contribution in [3.05, 3.63) is 71.3 Å². The van der Waals surface area contributed by atoms with E-state index < -0.39 is 0 Å². The highest BCUT2D eigenvalue weighted by molar-refractivity contribution is 5.80. The number of hydrogen-bond acceptors (Lipinski definition) is 2. The van der Waals surface area contributed by atoms with Gasteiger partial charge in [-0.3, -0.25) is 0 Å². The number of phenolic OH excluding ortho intramolecular Hbond substituents is 1. The van der Waals surface area contributed by atoms with Crippen molar-refractivity contribution in [2.75, 3.05) is 7.11 Å². The highest BCUT2D eigenvalue weighted by Crippen LogP contribution is 2.27. The van der Waals surface area contributed by atoms with Gasteiger partial charge in [0.25, 0.3) is 0 Å². The summed E-state index contributed by atoms with van der Waals surface area (Å²) in [6.07, 6.45) is 3.96. The van der Waals surface area contributed by atoms with E-state index in [1.165, 1.54) is 0 Å². The first-order valence-corrected chi connectivity index (χ1v) is 6.83. The number of hydrogen-bond donors (Lipinski definition) is 1. The van der Waals surface area contributed by atoms with E-state index in [2.05, 4.69) is 6.58 Å². The van der Waals surface area contributed by atoms with Crippen LogP contribution in [0.1, 0.15) is 22.3 Å². The molecule has 2 heteroatoms. The van der Waals surface area contributed by atoms with Crippen LogP contribution >= 0.6 is 0 Å². The van der Waals surface area contributed by atoms with Gasteiger partial charge in [0.1, 0.15) is 11.5 Å². The van der Waals surface area contributed by atoms with Gasteiger partial charge >= 0.3 is 0 Å². The SMILES string of the molecule is C=C(/C=C/c1cc(C)c(O)c(C)c1)c1ccccc1OC. The summed E-state index contributed by atoms with van der Waals surface area (Å²) in [5, 5.41) is 9.80. The van der Waals surface area contributed by atoms with Gasteiger partial charge in [-0.15, -0.1) is 0 Å². The molecule has 0 aliphatic heterocycles. The average molecular weight is 280 g/mol. The predicted molar refractivity (Wildman–Crippen MR) is 88.6 cm³/mol. The van der Waals surface area contributed by atoms with E-state index in [1.54, 1.807) is 7.11 Å². The summed E-state index contributed by atoms with van der Waals surface area (Å²) < 4.78 is 5.34. The number of allylic oxidation sites excluding steroid dienone is 2. The molecule has 0 aliphatic carbocycles. The molecule has 1 N–H and O–H groups in total. The van der Waals surface area contributed by atoms with Crippen LogP contribution in [0.5, 0.6) is 11.5 Å². The Bertz CT molecular complexity index is 673. The van der Waals surface area contributed by atoms with Crippen molar-refractivity contribution in [3.8, 4) is 11.5 Å². The molecule has 0 bridgehead atoms. The van der Waals surface area contributed by atoms with Gasteiger partial charge in [-0.1, -0.05) is 36.9 Å². The van der Waals surface area contributed by atoms with Gasteiger partial charge in [-0.25, -0.2) is 0 Å². The zero-order valence-corrected chi connectivity index (χ0v) is 12.7. The molecule has 0 radical (unpaired) electrons. The summed E-state index contributed by atoms with van der Waals surface area (Å²) in [5.74, 6) is 1.17. The summed E-state index contributed by atoms with van der Waals surface area (Å²) in [6, 6.07) is 11.7. The molecule has 0 amide bonds. The van der Waals surface area contributed by atoms with E-state index in [4.69, 9.17) is 4.74 Å². The zero-order valence-electron chi connectivity index (χ0n) is 12.7. The number of aromatic hydroxyl groups is 1. The highest BCUT2D eigenvalue weighted by atomic mass is 16.5. The highest BCUT2D eigenvalue weighted by Gasteiger charge is 2.04. The lowest BCUT2D eigenvalue weighted by atomic mass is 10.0. The third-order valence-corrected chi connectivity index (χ3v) is 3.44. The third kappa shape index (κ3) is 3.34. The minimum atomic E-state index is 0.357. The average Bonchev–Trinajstić information content (AvgIpc) is 2.50. The molecule has 0 spiro atoms. The fraction of sp³-hybridized carbons (Fsp3) is 0.158. The molecule has 0 saturated carbocycles. The van der Waals surface area contributed by atoms with Crippen LogP contribution in [0.3, 0.4) is 0 Å². The Morgan fingerprint density at radius 2 is 1.76 bits per heavy atom. The molecular weight excluding hydrogens is 260 g/mol. The first-order valence-electron chi connectivity index (χ1n) is 6.83. The lowest BCUT2D eigenvalue weighted by molar-refractivity contribution is 0.413. The van der Waals surface area contributed by atoms with Crippen LogP contribution in [0.4, 0.5) is 0 Å². The topological polar surface area (TPSA) is 29.5 Å². The zero-order chi connectivity index (χ0) is 15.4. The van der Waals surface area contributed by atoms with E-state index in [1.807, 2.05) is 62.4 Å². The number of para-hydroxylation sites is 1. The second kappa shape index (κ2) is 6.31. The summed E-state index contributed by atoms with van der Waals surface area (Å²) in [6.45, 7) is 7.89. The Labute approximate surface area is 126 Å². The molecule has 0 saturated heterocycles. The van der Waals surface area contributed by atoms with E-state index in [-0.39, 0.29) is 0 Å². The van der Waals surface area contributed by atoms with Crippen LogP contribution in [0.15, 0.2) is 49.1 Å². The van der Waals surface area contributed by atoms with Gasteiger partial charge in [0.05, 0.1) is 7.11 Å². The van der Waals surface area contributed by atoms with Crippen LogP contribution < -0.4 is 4.74 Å². The predicted octanol–water partition coefficient (Wildman–Crippen LogP) is 4.74. The standard InChI is InChI=1S/C19H20O2/c1-13(17-7-5-6-8-18(17)21-4)9-10-16-11-14(2)19(20)15(3)12-16/h5-12,20H,1H2,2-4H3/b10-9+. The number of methoxy groups -OCH3 is 1. The van der Waals surface area contributed by atoms with Crippen molar-refractivity contribution in [2.45, 2.75) is 13.8 Å². The molecule has 2 aromatic carbocycles. The Morgan fingerprint density at radius 3 is 2.38 bits per heavy atom. The van der Waals surface area contributed by atoms with Crippen molar-refractivity contribution in [2.24, 2.45) is 0 Å². The fourth-order valence-corrected chi connectivity index (χ4v) is 2.28. The number of phenols is 1. The Hall–Kier alpha value is -2.48. The van der Waals surface area contributed by atoms with Gasteiger partial charge in [0, 0.05) is 5.56 Å². The van der Waals surface area contributed by atoms with Crippen molar-refractivity contribution < 1.29 is 9.84 Å². The van der Waals surface area contributed by atoms with Gasteiger partial charge in [-0.05, 0) is 54.3 Å². The molecule has 0 aromatic heterocycles. The largest absolute Gasteiger partial charge is 0.507 e. The number of aryl methyl sites for hydroxylation is 2. The summed E-state index contributed by atoms with van der Waals surface area (Å²) in [5.41, 5.74) is 4.65. The molecule has 108 valence electrons. The number of ether oxygens (including phenoxy) is 1. The summed E-state index contributed by atoms with van der Waals surface area (Å²) >= 11 is 0. The van der Waals surface area contributed by atoms with Gasteiger partial charge in [0.15, 0.2) is 0 Å². The first kappa shape index (κ1) is 14.9. The van der Waals surface area contributed by atoms with E-state index in [0.29, 0.717) is 5.75 Å². The Balaban J connectivity index is 2.27. The third-order valence-electron chi connectivity index (χ3n) is 3.44. The first-order chi connectivity index (χ1) is 10.0. The van der Waals surface area contributed by atoms with E-state index in [0.717, 1.165) is 33.6 Å². The van der Waals surface area contributed by atoms with Crippen molar-refractivity contribution in [1.82, 2.24) is 0 Å². The quantitative estimate of drug-likeness (QED) is 0.819. The molecule has 0 unspecified atom stereocenters. The molecule has 0 fully saturated rings. The Morgan fingerprint density at radius 1 is 1.14 bits per heavy atom. The maximum Gasteiger partial charge on any atom is 0.126 e. The van der Waals surface area contributed by atoms with Crippen molar-refractivity contribution >= 4 is 11.6 Å². The molecule has 0 heterocycles. The molecule has 2 rings (SSSR count). The fourth-order valence-electron chi connectivity index (χ4n) is 2.28. The minimum absolute atomic E-state index is 0.357. The molecule has 0 aliphatic rings. The van der Waals surface area contributed by atoms with Crippen LogP contribution in [0, 0.1) is 13.8 Å². The van der Waals surface area contributed by atoms with Crippen molar-refractivity contribution in [1.29, 1.82) is 0 Å². The van der Waals surface area contributed by atoms with Crippen LogP contribution in [-0.4, -0.2) is 12.2 Å². The number of rotatable bonds is 4. The summed E-state index contributed by atoms with van der Waals surface area (Å²) in [7, 11) is 1.66. The lowest BCUT2D eigenvalue weighted by Gasteiger charge is -2.08. The molecule has 2 nitrogen and oxygen atoms in total. The monoisotopic (exact) mass is 280 g/mol. The smallest absolute Gasteiger partial charge is 0.126 e. The molecule has 21 heavy (non-hydrogen) atoms. The minimum Gasteiger partial charge on any atom is -0.507 e. The van der Waals surface area contributed by atoms with Gasteiger partial charge in [-0.2, -0.15) is 0 Å². The molecule has 0 atom stereocenters. The van der Waals surface area contributed by atoms with Crippen LogP contribution in [0.25, 0.3) is 11.6 Å². The second-order valence-electron chi connectivity index (χ2n) is 5.06. The maximum atomic E-state index is 9.80. The summed E-state index contributed by atoms with van der Waals surface area (Å²) in [4.78, 5) is 0. The Kier molecular flexibility index (Phi) is 4.49. The van der Waals surface area contributed by atoms with Crippen LogP contribution in [0.2, 0.25) is 0 Å². The second-order valence-corrected chi connectivity index (χ2v) is 5.06. The van der Waals surface area contributed by atoms with Crippen molar-refractivity contribution in [3.63, 3.8) is 0 Å².